The number of anilines is 1. The van der Waals surface area contributed by atoms with Gasteiger partial charge in [-0.1, -0.05) is 47.6 Å². The molecule has 4 aromatic rings. The average molecular weight is 538 g/mol. The summed E-state index contributed by atoms with van der Waals surface area (Å²) in [7, 11) is 0. The molecule has 5 rings (SSSR count). The van der Waals surface area contributed by atoms with Crippen molar-refractivity contribution in [1.29, 1.82) is 0 Å². The van der Waals surface area contributed by atoms with E-state index in [9.17, 15) is 14.4 Å². The molecule has 0 saturated heterocycles. The van der Waals surface area contributed by atoms with Gasteiger partial charge < -0.3 is 19.9 Å². The van der Waals surface area contributed by atoms with Gasteiger partial charge in [0, 0.05) is 35.7 Å². The molecule has 0 aliphatic carbocycles. The Balaban J connectivity index is 1.62. The molecule has 1 aliphatic rings. The number of hydrogen-bond acceptors (Lipinski definition) is 7. The highest BCUT2D eigenvalue weighted by molar-refractivity contribution is 6.12. The van der Waals surface area contributed by atoms with Gasteiger partial charge in [-0.2, -0.15) is 0 Å². The molecule has 0 bridgehead atoms. The van der Waals surface area contributed by atoms with Crippen LogP contribution in [0.5, 0.6) is 5.75 Å². The summed E-state index contributed by atoms with van der Waals surface area (Å²) < 4.78 is 10.5. The second kappa shape index (κ2) is 9.88. The third-order valence-electron chi connectivity index (χ3n) is 7.88. The predicted molar refractivity (Wildman–Crippen MR) is 151 cm³/mol. The smallest absolute Gasteiger partial charge is 0.365 e. The van der Waals surface area contributed by atoms with E-state index in [1.54, 1.807) is 54.3 Å². The summed E-state index contributed by atoms with van der Waals surface area (Å²) in [6.45, 7) is 9.16. The second-order valence-corrected chi connectivity index (χ2v) is 10.8. The van der Waals surface area contributed by atoms with Gasteiger partial charge in [0.25, 0.3) is 0 Å². The van der Waals surface area contributed by atoms with Crippen molar-refractivity contribution in [3.63, 3.8) is 0 Å². The molecule has 204 valence electrons. The Kier molecular flexibility index (Phi) is 6.67. The molecule has 1 aromatic heterocycles. The van der Waals surface area contributed by atoms with E-state index in [4.69, 9.17) is 15.0 Å². The highest BCUT2D eigenvalue weighted by atomic mass is 16.5. The van der Waals surface area contributed by atoms with Crippen molar-refractivity contribution in [3.8, 4) is 5.75 Å². The minimum Gasteiger partial charge on any atom is -0.421 e. The summed E-state index contributed by atoms with van der Waals surface area (Å²) >= 11 is 0. The van der Waals surface area contributed by atoms with E-state index < -0.39 is 23.0 Å². The van der Waals surface area contributed by atoms with E-state index in [2.05, 4.69) is 12.1 Å². The number of ketones is 1. The van der Waals surface area contributed by atoms with E-state index in [-0.39, 0.29) is 28.7 Å². The lowest BCUT2D eigenvalue weighted by Gasteiger charge is -2.55. The van der Waals surface area contributed by atoms with Gasteiger partial charge in [-0.3, -0.25) is 9.59 Å². The molecule has 0 radical (unpaired) electrons. The van der Waals surface area contributed by atoms with Crippen LogP contribution < -0.4 is 15.4 Å². The van der Waals surface area contributed by atoms with Crippen molar-refractivity contribution in [3.05, 3.63) is 113 Å². The molecule has 0 saturated carbocycles. The Morgan fingerprint density at radius 2 is 1.62 bits per heavy atom. The van der Waals surface area contributed by atoms with Crippen LogP contribution in [-0.2, 0) is 10.2 Å². The number of para-hydroxylation sites is 1. The second-order valence-electron chi connectivity index (χ2n) is 10.8. The Hall–Kier alpha value is -4.56. The predicted octanol–water partition coefficient (Wildman–Crippen LogP) is 5.21. The maximum absolute atomic E-state index is 13.9. The summed E-state index contributed by atoms with van der Waals surface area (Å²) in [6.07, 6.45) is 0. The number of esters is 1. The lowest BCUT2D eigenvalue weighted by molar-refractivity contribution is -0.118. The van der Waals surface area contributed by atoms with E-state index >= 15 is 0 Å². The van der Waals surface area contributed by atoms with Crippen LogP contribution in [0, 0.1) is 6.92 Å². The van der Waals surface area contributed by atoms with Gasteiger partial charge in [-0.15, -0.1) is 0 Å². The molecule has 8 heteroatoms. The van der Waals surface area contributed by atoms with Gasteiger partial charge in [0.05, 0.1) is 11.1 Å². The number of carbonyl (C=O) groups excluding carboxylic acids is 3. The number of aryl methyl sites for hydroxylation is 1. The number of rotatable bonds is 5. The molecular weight excluding hydrogens is 506 g/mol. The topological polar surface area (TPSA) is 116 Å². The highest BCUT2D eigenvalue weighted by Gasteiger charge is 2.53. The molecule has 0 fully saturated rings. The fraction of sp³-hybridized carbons (Fsp3) is 0.250. The molecule has 2 unspecified atom stereocenters. The molecule has 40 heavy (non-hydrogen) atoms. The number of fused-ring (bicyclic) bond motifs is 1. The minimum absolute atomic E-state index is 0.00749. The molecule has 2 N–H and O–H groups in total. The van der Waals surface area contributed by atoms with Crippen LogP contribution in [-0.4, -0.2) is 34.4 Å². The standard InChI is InChI=1S/C32H31N3O5/c1-19-17-25(34-40-19)29(38)39-27-14-10-9-13-23(27)28(37)21-15-16-26-24(18-21)32(5,22-11-7-6-8-12-22)30(33)31(3,4)35(26)20(2)36/h6-18,30H,33H2,1-5H3. The Bertz CT molecular complexity index is 1620. The largest absolute Gasteiger partial charge is 0.421 e. The van der Waals surface area contributed by atoms with E-state index in [0.29, 0.717) is 17.0 Å². The molecule has 3 aromatic carbocycles. The van der Waals surface area contributed by atoms with Crippen molar-refractivity contribution in [2.24, 2.45) is 5.73 Å². The number of carbonyl (C=O) groups is 3. The number of benzene rings is 3. The van der Waals surface area contributed by atoms with E-state index in [1.165, 1.54) is 13.0 Å². The lowest BCUT2D eigenvalue weighted by Crippen LogP contribution is -2.68. The van der Waals surface area contributed by atoms with Gasteiger partial charge in [-0.25, -0.2) is 4.79 Å². The number of aromatic nitrogens is 1. The van der Waals surface area contributed by atoms with Gasteiger partial charge in [0.2, 0.25) is 5.91 Å². The number of nitrogens with zero attached hydrogens (tertiary/aromatic N) is 2. The van der Waals surface area contributed by atoms with Crippen molar-refractivity contribution < 1.29 is 23.6 Å². The van der Waals surface area contributed by atoms with E-state index in [1.807, 2.05) is 44.2 Å². The zero-order chi connectivity index (χ0) is 28.8. The normalized spacial score (nSPS) is 19.6. The summed E-state index contributed by atoms with van der Waals surface area (Å²) in [6, 6.07) is 22.7. The first-order valence-electron chi connectivity index (χ1n) is 13.0. The Labute approximate surface area is 232 Å². The molecule has 1 amide bonds. The monoisotopic (exact) mass is 537 g/mol. The number of amides is 1. The van der Waals surface area contributed by atoms with Crippen LogP contribution in [0.25, 0.3) is 0 Å². The average Bonchev–Trinajstić information content (AvgIpc) is 3.38. The molecule has 2 heterocycles. The van der Waals surface area contributed by atoms with Crippen molar-refractivity contribution in [2.75, 3.05) is 4.90 Å². The van der Waals surface area contributed by atoms with Crippen LogP contribution in [0.4, 0.5) is 5.69 Å². The first kappa shape index (κ1) is 27.0. The maximum atomic E-state index is 13.9. The maximum Gasteiger partial charge on any atom is 0.365 e. The first-order chi connectivity index (χ1) is 19.0. The van der Waals surface area contributed by atoms with E-state index in [0.717, 1.165) is 11.1 Å². The summed E-state index contributed by atoms with van der Waals surface area (Å²) in [4.78, 5) is 41.2. The number of nitrogens with two attached hydrogens (primary N) is 1. The molecular formula is C32H31N3O5. The van der Waals surface area contributed by atoms with Crippen molar-refractivity contribution in [2.45, 2.75) is 51.6 Å². The highest BCUT2D eigenvalue weighted by Crippen LogP contribution is 2.50. The van der Waals surface area contributed by atoms with Gasteiger partial charge in [0.15, 0.2) is 11.5 Å². The molecule has 0 spiro atoms. The van der Waals surface area contributed by atoms with Gasteiger partial charge in [0.1, 0.15) is 11.5 Å². The quantitative estimate of drug-likeness (QED) is 0.211. The van der Waals surface area contributed by atoms with Crippen molar-refractivity contribution in [1.82, 2.24) is 5.16 Å². The third kappa shape index (κ3) is 4.30. The van der Waals surface area contributed by atoms with Crippen molar-refractivity contribution >= 4 is 23.3 Å². The fourth-order valence-corrected chi connectivity index (χ4v) is 5.82. The van der Waals surface area contributed by atoms with Gasteiger partial charge in [-0.05, 0) is 69.2 Å². The minimum atomic E-state index is -0.732. The molecule has 8 nitrogen and oxygen atoms in total. The van der Waals surface area contributed by atoms with Crippen LogP contribution in [0.3, 0.4) is 0 Å². The SMILES string of the molecule is CC(=O)N1c2ccc(C(=O)c3ccccc3OC(=O)c3cc(C)on3)cc2C(C)(c2ccccc2)C(N)C1(C)C. The fourth-order valence-electron chi connectivity index (χ4n) is 5.82. The van der Waals surface area contributed by atoms with Crippen LogP contribution in [0.1, 0.15) is 71.0 Å². The Morgan fingerprint density at radius 1 is 0.950 bits per heavy atom. The first-order valence-corrected chi connectivity index (χ1v) is 13.0. The third-order valence-corrected chi connectivity index (χ3v) is 7.88. The Morgan fingerprint density at radius 3 is 2.27 bits per heavy atom. The van der Waals surface area contributed by atoms with Crippen LogP contribution in [0.15, 0.2) is 83.4 Å². The van der Waals surface area contributed by atoms with Crippen LogP contribution >= 0.6 is 0 Å². The molecule has 1 aliphatic heterocycles. The van der Waals surface area contributed by atoms with Crippen LogP contribution in [0.2, 0.25) is 0 Å². The lowest BCUT2D eigenvalue weighted by atomic mass is 9.61. The summed E-state index contributed by atoms with van der Waals surface area (Å²) in [5.41, 5.74) is 8.58. The van der Waals surface area contributed by atoms with Gasteiger partial charge >= 0.3 is 5.97 Å². The number of ether oxygens (including phenoxy) is 1. The summed E-state index contributed by atoms with van der Waals surface area (Å²) in [5.74, 6) is -0.649. The zero-order valence-electron chi connectivity index (χ0n) is 23.1. The molecule has 2 atom stereocenters. The summed E-state index contributed by atoms with van der Waals surface area (Å²) in [5, 5.41) is 3.70. The zero-order valence-corrected chi connectivity index (χ0v) is 23.1. The number of hydrogen-bond donors (Lipinski definition) is 1.